The predicted octanol–water partition coefficient (Wildman–Crippen LogP) is 2.46. The molecule has 5 heteroatoms. The summed E-state index contributed by atoms with van der Waals surface area (Å²) in [5.74, 6) is 0.198. The molecular weight excluding hydrogens is 264 g/mol. The monoisotopic (exact) mass is 284 g/mol. The Bertz CT molecular complexity index is 412. The van der Waals surface area contributed by atoms with Gasteiger partial charge in [-0.25, -0.2) is 0 Å². The van der Waals surface area contributed by atoms with E-state index in [1.54, 1.807) is 0 Å². The third-order valence-electron chi connectivity index (χ3n) is 2.81. The number of carbonyl (C=O) groups excluding carboxylic acids is 1. The summed E-state index contributed by atoms with van der Waals surface area (Å²) in [7, 11) is 0. The largest absolute Gasteiger partial charge is 0.390 e. The van der Waals surface area contributed by atoms with Gasteiger partial charge < -0.3 is 15.3 Å². The van der Waals surface area contributed by atoms with Crippen LogP contribution in [0.4, 0.5) is 11.4 Å². The van der Waals surface area contributed by atoms with Crippen molar-refractivity contribution >= 4 is 28.9 Å². The van der Waals surface area contributed by atoms with Crippen LogP contribution in [0.25, 0.3) is 0 Å². The molecule has 1 aromatic rings. The first-order chi connectivity index (χ1) is 9.10. The zero-order valence-electron chi connectivity index (χ0n) is 11.4. The van der Waals surface area contributed by atoms with Crippen molar-refractivity contribution in [2.75, 3.05) is 29.2 Å². The molecule has 4 nitrogen and oxygen atoms in total. The zero-order valence-corrected chi connectivity index (χ0v) is 12.2. The molecule has 2 N–H and O–H groups in total. The Balaban J connectivity index is 2.80. The average molecular weight is 285 g/mol. The number of likely N-dealkylation sites (N-methyl/N-ethyl adjacent to an activating group) is 1. The number of nitrogens with one attached hydrogen (secondary N) is 1. The molecule has 0 aromatic heterocycles. The normalized spacial score (nSPS) is 12.0. The lowest BCUT2D eigenvalue weighted by Gasteiger charge is -2.25. The summed E-state index contributed by atoms with van der Waals surface area (Å²) in [4.78, 5) is 13.4. The zero-order chi connectivity index (χ0) is 14.3. The Morgan fingerprint density at radius 2 is 2.21 bits per heavy atom. The number of amides is 1. The minimum Gasteiger partial charge on any atom is -0.390 e. The summed E-state index contributed by atoms with van der Waals surface area (Å²) >= 11 is 5.63. The highest BCUT2D eigenvalue weighted by molar-refractivity contribution is 6.18. The number of aliphatic hydroxyl groups excluding tert-OH is 1. The van der Waals surface area contributed by atoms with Gasteiger partial charge in [0.2, 0.25) is 5.91 Å². The summed E-state index contributed by atoms with van der Waals surface area (Å²) in [5.41, 5.74) is 1.73. The van der Waals surface area contributed by atoms with E-state index in [4.69, 9.17) is 11.6 Å². The van der Waals surface area contributed by atoms with E-state index in [1.165, 1.54) is 0 Å². The van der Waals surface area contributed by atoms with Crippen LogP contribution in [0.1, 0.15) is 20.3 Å². The number of hydrogen-bond acceptors (Lipinski definition) is 3. The number of alkyl halides is 1. The smallest absolute Gasteiger partial charge is 0.224 e. The Hall–Kier alpha value is -1.26. The molecule has 0 bridgehead atoms. The predicted molar refractivity (Wildman–Crippen MR) is 80.0 cm³/mol. The number of benzene rings is 1. The van der Waals surface area contributed by atoms with Gasteiger partial charge in [-0.3, -0.25) is 4.79 Å². The molecule has 1 amide bonds. The molecule has 1 atom stereocenters. The van der Waals surface area contributed by atoms with Crippen LogP contribution in [0, 0.1) is 0 Å². The van der Waals surface area contributed by atoms with E-state index in [2.05, 4.69) is 5.32 Å². The van der Waals surface area contributed by atoms with E-state index in [1.807, 2.05) is 43.0 Å². The van der Waals surface area contributed by atoms with Crippen molar-refractivity contribution in [3.05, 3.63) is 24.3 Å². The van der Waals surface area contributed by atoms with Crippen LogP contribution in [0.5, 0.6) is 0 Å². The first-order valence-electron chi connectivity index (χ1n) is 6.49. The lowest BCUT2D eigenvalue weighted by Crippen LogP contribution is -2.33. The molecule has 0 saturated heterocycles. The topological polar surface area (TPSA) is 52.6 Å². The number of rotatable bonds is 7. The Labute approximate surface area is 119 Å². The molecule has 0 aliphatic heterocycles. The Kier molecular flexibility index (Phi) is 6.67. The lowest BCUT2D eigenvalue weighted by atomic mass is 10.2. The highest BCUT2D eigenvalue weighted by Crippen LogP contribution is 2.20. The van der Waals surface area contributed by atoms with Crippen LogP contribution in [0.3, 0.4) is 0 Å². The molecule has 0 saturated carbocycles. The summed E-state index contributed by atoms with van der Waals surface area (Å²) < 4.78 is 0. The number of aliphatic hydroxyl groups is 1. The van der Waals surface area contributed by atoms with Crippen molar-refractivity contribution in [3.63, 3.8) is 0 Å². The van der Waals surface area contributed by atoms with Gasteiger partial charge in [0.05, 0.1) is 12.0 Å². The second-order valence-corrected chi connectivity index (χ2v) is 4.61. The average Bonchev–Trinajstić information content (AvgIpc) is 2.44. The molecular formula is C14H21ClN2O2. The maximum atomic E-state index is 11.4. The van der Waals surface area contributed by atoms with E-state index >= 15 is 0 Å². The molecule has 0 spiro atoms. The standard InChI is InChI=1S/C14H21ClN2O2/c1-3-14(19)16-11-6-5-7-12(8-11)17(4-2)10-13(18)9-15/h5-8,13,18H,3-4,9-10H2,1-2H3,(H,16,19). The minimum atomic E-state index is -0.560. The van der Waals surface area contributed by atoms with E-state index < -0.39 is 6.10 Å². The summed E-state index contributed by atoms with van der Waals surface area (Å²) in [6, 6.07) is 7.59. The van der Waals surface area contributed by atoms with Crippen LogP contribution in [0.2, 0.25) is 0 Å². The van der Waals surface area contributed by atoms with Crippen molar-refractivity contribution in [3.8, 4) is 0 Å². The molecule has 1 rings (SSSR count). The van der Waals surface area contributed by atoms with Crippen LogP contribution >= 0.6 is 11.6 Å². The number of nitrogens with zero attached hydrogens (tertiary/aromatic N) is 1. The second-order valence-electron chi connectivity index (χ2n) is 4.30. The summed E-state index contributed by atoms with van der Waals surface area (Å²) in [6.45, 7) is 5.07. The highest BCUT2D eigenvalue weighted by atomic mass is 35.5. The fraction of sp³-hybridized carbons (Fsp3) is 0.500. The van der Waals surface area contributed by atoms with E-state index in [0.717, 1.165) is 17.9 Å². The van der Waals surface area contributed by atoms with Crippen molar-refractivity contribution in [2.45, 2.75) is 26.4 Å². The maximum Gasteiger partial charge on any atom is 0.224 e. The van der Waals surface area contributed by atoms with Gasteiger partial charge in [0.25, 0.3) is 0 Å². The van der Waals surface area contributed by atoms with Crippen LogP contribution < -0.4 is 10.2 Å². The quantitative estimate of drug-likeness (QED) is 0.756. The SMILES string of the molecule is CCC(=O)Nc1cccc(N(CC)CC(O)CCl)c1. The van der Waals surface area contributed by atoms with Gasteiger partial charge >= 0.3 is 0 Å². The van der Waals surface area contributed by atoms with Gasteiger partial charge in [0.15, 0.2) is 0 Å². The van der Waals surface area contributed by atoms with Crippen LogP contribution in [-0.2, 0) is 4.79 Å². The molecule has 0 radical (unpaired) electrons. The highest BCUT2D eigenvalue weighted by Gasteiger charge is 2.11. The van der Waals surface area contributed by atoms with Crippen LogP contribution in [-0.4, -0.2) is 36.1 Å². The summed E-state index contributed by atoms with van der Waals surface area (Å²) in [6.07, 6.45) is -0.109. The first-order valence-corrected chi connectivity index (χ1v) is 7.03. The second kappa shape index (κ2) is 8.02. The molecule has 1 aromatic carbocycles. The van der Waals surface area contributed by atoms with Gasteiger partial charge in [-0.2, -0.15) is 0 Å². The van der Waals surface area contributed by atoms with Crippen molar-refractivity contribution < 1.29 is 9.90 Å². The molecule has 0 heterocycles. The van der Waals surface area contributed by atoms with Gasteiger partial charge in [0, 0.05) is 30.9 Å². The first kappa shape index (κ1) is 15.8. The van der Waals surface area contributed by atoms with E-state index in [0.29, 0.717) is 13.0 Å². The van der Waals surface area contributed by atoms with Crippen molar-refractivity contribution in [1.82, 2.24) is 0 Å². The van der Waals surface area contributed by atoms with Gasteiger partial charge in [-0.15, -0.1) is 11.6 Å². The van der Waals surface area contributed by atoms with Gasteiger partial charge in [0.1, 0.15) is 0 Å². The number of halogens is 1. The fourth-order valence-electron chi connectivity index (χ4n) is 1.75. The van der Waals surface area contributed by atoms with Gasteiger partial charge in [-0.05, 0) is 25.1 Å². The number of carbonyl (C=O) groups is 1. The summed E-state index contributed by atoms with van der Waals surface area (Å²) in [5, 5.41) is 12.5. The van der Waals surface area contributed by atoms with Crippen LogP contribution in [0.15, 0.2) is 24.3 Å². The Morgan fingerprint density at radius 1 is 1.47 bits per heavy atom. The lowest BCUT2D eigenvalue weighted by molar-refractivity contribution is -0.115. The minimum absolute atomic E-state index is 0.0130. The molecule has 0 fully saturated rings. The number of hydrogen-bond donors (Lipinski definition) is 2. The van der Waals surface area contributed by atoms with E-state index in [9.17, 15) is 9.90 Å². The Morgan fingerprint density at radius 3 is 2.79 bits per heavy atom. The molecule has 0 aliphatic carbocycles. The van der Waals surface area contributed by atoms with E-state index in [-0.39, 0.29) is 11.8 Å². The molecule has 19 heavy (non-hydrogen) atoms. The maximum absolute atomic E-state index is 11.4. The van der Waals surface area contributed by atoms with Crippen molar-refractivity contribution in [2.24, 2.45) is 0 Å². The number of anilines is 2. The van der Waals surface area contributed by atoms with Crippen molar-refractivity contribution in [1.29, 1.82) is 0 Å². The fourth-order valence-corrected chi connectivity index (χ4v) is 1.85. The van der Waals surface area contributed by atoms with Gasteiger partial charge in [-0.1, -0.05) is 13.0 Å². The third-order valence-corrected chi connectivity index (χ3v) is 3.16. The molecule has 106 valence electrons. The third kappa shape index (κ3) is 5.09. The molecule has 1 unspecified atom stereocenters. The molecule has 0 aliphatic rings.